The highest BCUT2D eigenvalue weighted by molar-refractivity contribution is 5.31. The lowest BCUT2D eigenvalue weighted by atomic mass is 9.88. The molecule has 1 aromatic heterocycles. The molecule has 2 aromatic rings. The zero-order valence-corrected chi connectivity index (χ0v) is 11.4. The van der Waals surface area contributed by atoms with E-state index >= 15 is 0 Å². The smallest absolute Gasteiger partial charge is 0.0627 e. The van der Waals surface area contributed by atoms with Gasteiger partial charge in [-0.2, -0.15) is 5.10 Å². The summed E-state index contributed by atoms with van der Waals surface area (Å²) in [6.45, 7) is 0. The van der Waals surface area contributed by atoms with Gasteiger partial charge in [0.15, 0.2) is 0 Å². The van der Waals surface area contributed by atoms with Crippen molar-refractivity contribution in [3.63, 3.8) is 0 Å². The van der Waals surface area contributed by atoms with Crippen LogP contribution in [0.4, 0.5) is 0 Å². The van der Waals surface area contributed by atoms with E-state index in [2.05, 4.69) is 35.4 Å². The fourth-order valence-corrected chi connectivity index (χ4v) is 3.14. The number of nitrogens with zero attached hydrogens (tertiary/aromatic N) is 2. The van der Waals surface area contributed by atoms with Gasteiger partial charge < -0.3 is 5.73 Å². The number of aryl methyl sites for hydroxylation is 2. The Morgan fingerprint density at radius 1 is 1.32 bits per heavy atom. The van der Waals surface area contributed by atoms with Crippen molar-refractivity contribution < 1.29 is 0 Å². The highest BCUT2D eigenvalue weighted by Crippen LogP contribution is 2.33. The van der Waals surface area contributed by atoms with Crippen LogP contribution < -0.4 is 5.73 Å². The maximum Gasteiger partial charge on any atom is 0.0627 e. The van der Waals surface area contributed by atoms with Gasteiger partial charge in [-0.3, -0.25) is 4.68 Å². The van der Waals surface area contributed by atoms with Crippen molar-refractivity contribution in [2.24, 2.45) is 18.7 Å². The van der Waals surface area contributed by atoms with Gasteiger partial charge in [-0.25, -0.2) is 0 Å². The molecule has 3 nitrogen and oxygen atoms in total. The molecule has 19 heavy (non-hydrogen) atoms. The lowest BCUT2D eigenvalue weighted by Crippen LogP contribution is -2.23. The quantitative estimate of drug-likeness (QED) is 0.838. The topological polar surface area (TPSA) is 43.8 Å². The van der Waals surface area contributed by atoms with E-state index in [1.54, 1.807) is 0 Å². The number of benzene rings is 1. The maximum atomic E-state index is 6.51. The molecule has 0 saturated carbocycles. The number of rotatable bonds is 2. The van der Waals surface area contributed by atoms with Crippen molar-refractivity contribution in [2.45, 2.75) is 31.7 Å². The molecule has 2 atom stereocenters. The van der Waals surface area contributed by atoms with E-state index in [9.17, 15) is 0 Å². The van der Waals surface area contributed by atoms with E-state index < -0.39 is 0 Å². The molecule has 0 amide bonds. The minimum absolute atomic E-state index is 0.140. The van der Waals surface area contributed by atoms with Crippen molar-refractivity contribution in [3.8, 4) is 0 Å². The minimum Gasteiger partial charge on any atom is -0.324 e. The molecule has 1 aliphatic carbocycles. The number of hydrogen-bond acceptors (Lipinski definition) is 2. The van der Waals surface area contributed by atoms with Gasteiger partial charge in [0.2, 0.25) is 0 Å². The third kappa shape index (κ3) is 2.56. The lowest BCUT2D eigenvalue weighted by molar-refractivity contribution is 0.397. The van der Waals surface area contributed by atoms with Crippen LogP contribution >= 0.6 is 0 Å². The highest BCUT2D eigenvalue weighted by Gasteiger charge is 2.25. The molecule has 2 unspecified atom stereocenters. The first-order valence-electron chi connectivity index (χ1n) is 7.06. The Morgan fingerprint density at radius 3 is 2.95 bits per heavy atom. The second-order valence-corrected chi connectivity index (χ2v) is 5.56. The SMILES string of the molecule is Cn1ccc(CC2CCCc3ccccc3C2N)n1. The average Bonchev–Trinajstić information content (AvgIpc) is 2.75. The van der Waals surface area contributed by atoms with Crippen molar-refractivity contribution in [2.75, 3.05) is 0 Å². The minimum atomic E-state index is 0.140. The first kappa shape index (κ1) is 12.4. The van der Waals surface area contributed by atoms with E-state index in [0.717, 1.165) is 18.5 Å². The van der Waals surface area contributed by atoms with Crippen LogP contribution in [-0.4, -0.2) is 9.78 Å². The van der Waals surface area contributed by atoms with Crippen LogP contribution in [0.25, 0.3) is 0 Å². The maximum absolute atomic E-state index is 6.51. The summed E-state index contributed by atoms with van der Waals surface area (Å²) in [7, 11) is 1.96. The fraction of sp³-hybridized carbons (Fsp3) is 0.438. The average molecular weight is 255 g/mol. The molecule has 3 rings (SSSR count). The third-order valence-electron chi connectivity index (χ3n) is 4.18. The Labute approximate surface area is 114 Å². The molecular formula is C16H21N3. The second kappa shape index (κ2) is 5.17. The summed E-state index contributed by atoms with van der Waals surface area (Å²) >= 11 is 0. The third-order valence-corrected chi connectivity index (χ3v) is 4.18. The van der Waals surface area contributed by atoms with E-state index in [1.807, 2.05) is 17.9 Å². The standard InChI is InChI=1S/C16H21N3/c1-19-10-9-14(18-19)11-13-7-4-6-12-5-2-3-8-15(12)16(13)17/h2-3,5,8-10,13,16H,4,6-7,11,17H2,1H3. The fourth-order valence-electron chi connectivity index (χ4n) is 3.14. The van der Waals surface area contributed by atoms with Crippen molar-refractivity contribution >= 4 is 0 Å². The Kier molecular flexibility index (Phi) is 3.38. The Hall–Kier alpha value is -1.61. The molecular weight excluding hydrogens is 234 g/mol. The molecule has 0 saturated heterocycles. The van der Waals surface area contributed by atoms with E-state index in [0.29, 0.717) is 5.92 Å². The largest absolute Gasteiger partial charge is 0.324 e. The summed E-state index contributed by atoms with van der Waals surface area (Å²) in [6, 6.07) is 10.9. The van der Waals surface area contributed by atoms with E-state index in [4.69, 9.17) is 5.73 Å². The van der Waals surface area contributed by atoms with Crippen LogP contribution in [-0.2, 0) is 19.9 Å². The zero-order valence-electron chi connectivity index (χ0n) is 11.4. The van der Waals surface area contributed by atoms with Crippen LogP contribution in [0.5, 0.6) is 0 Å². The summed E-state index contributed by atoms with van der Waals surface area (Å²) in [6.07, 6.45) is 6.55. The highest BCUT2D eigenvalue weighted by atomic mass is 15.2. The van der Waals surface area contributed by atoms with Crippen LogP contribution in [0, 0.1) is 5.92 Å². The molecule has 3 heteroatoms. The molecule has 100 valence electrons. The molecule has 1 heterocycles. The summed E-state index contributed by atoms with van der Waals surface area (Å²) in [5.41, 5.74) is 10.4. The molecule has 0 spiro atoms. The van der Waals surface area contributed by atoms with Gasteiger partial charge in [0, 0.05) is 19.3 Å². The second-order valence-electron chi connectivity index (χ2n) is 5.56. The van der Waals surface area contributed by atoms with Crippen LogP contribution in [0.3, 0.4) is 0 Å². The Morgan fingerprint density at radius 2 is 2.16 bits per heavy atom. The first-order chi connectivity index (χ1) is 9.24. The molecule has 1 aliphatic rings. The van der Waals surface area contributed by atoms with Gasteiger partial charge in [0.25, 0.3) is 0 Å². The van der Waals surface area contributed by atoms with Gasteiger partial charge in [-0.1, -0.05) is 24.3 Å². The first-order valence-corrected chi connectivity index (χ1v) is 7.06. The lowest BCUT2D eigenvalue weighted by Gasteiger charge is -2.22. The predicted molar refractivity (Wildman–Crippen MR) is 76.7 cm³/mol. The zero-order chi connectivity index (χ0) is 13.2. The van der Waals surface area contributed by atoms with Crippen molar-refractivity contribution in [1.82, 2.24) is 9.78 Å². The molecule has 0 radical (unpaired) electrons. The summed E-state index contributed by atoms with van der Waals surface area (Å²) in [5, 5.41) is 4.49. The molecule has 2 N–H and O–H groups in total. The Balaban J connectivity index is 1.83. The predicted octanol–water partition coefficient (Wildman–Crippen LogP) is 2.62. The van der Waals surface area contributed by atoms with Crippen molar-refractivity contribution in [1.29, 1.82) is 0 Å². The van der Waals surface area contributed by atoms with E-state index in [-0.39, 0.29) is 6.04 Å². The summed E-state index contributed by atoms with van der Waals surface area (Å²) < 4.78 is 1.87. The van der Waals surface area contributed by atoms with Gasteiger partial charge in [0.05, 0.1) is 5.69 Å². The number of aromatic nitrogens is 2. The molecule has 1 aromatic carbocycles. The summed E-state index contributed by atoms with van der Waals surface area (Å²) in [4.78, 5) is 0. The van der Waals surface area contributed by atoms with Gasteiger partial charge in [0.1, 0.15) is 0 Å². The molecule has 0 aliphatic heterocycles. The molecule has 0 fully saturated rings. The van der Waals surface area contributed by atoms with Crippen molar-refractivity contribution in [3.05, 3.63) is 53.3 Å². The summed E-state index contributed by atoms with van der Waals surface area (Å²) in [5.74, 6) is 0.499. The van der Waals surface area contributed by atoms with Gasteiger partial charge in [-0.05, 0) is 48.8 Å². The van der Waals surface area contributed by atoms with Gasteiger partial charge in [-0.15, -0.1) is 0 Å². The molecule has 0 bridgehead atoms. The van der Waals surface area contributed by atoms with E-state index in [1.165, 1.54) is 24.0 Å². The van der Waals surface area contributed by atoms with Crippen LogP contribution in [0.15, 0.2) is 36.5 Å². The van der Waals surface area contributed by atoms with Crippen LogP contribution in [0.1, 0.15) is 35.7 Å². The van der Waals surface area contributed by atoms with Gasteiger partial charge >= 0.3 is 0 Å². The monoisotopic (exact) mass is 255 g/mol. The number of nitrogens with two attached hydrogens (primary N) is 1. The Bertz CT molecular complexity index is 559. The van der Waals surface area contributed by atoms with Crippen LogP contribution in [0.2, 0.25) is 0 Å². The normalized spacial score (nSPS) is 22.8. The number of hydrogen-bond donors (Lipinski definition) is 1. The number of fused-ring (bicyclic) bond motifs is 1.